The maximum Gasteiger partial charge on any atom is 0.339 e. The first-order valence-electron chi connectivity index (χ1n) is 13.3. The summed E-state index contributed by atoms with van der Waals surface area (Å²) in [7, 11) is 0. The Labute approximate surface area is 218 Å². The number of benzene rings is 4. The number of rotatable bonds is 4. The minimum Gasteiger partial charge on any atom is -0.472 e. The second-order valence-electron chi connectivity index (χ2n) is 10.5. The largest absolute Gasteiger partial charge is 0.472 e. The Morgan fingerprint density at radius 2 is 1.54 bits per heavy atom. The van der Waals surface area contributed by atoms with Crippen LogP contribution >= 0.6 is 0 Å². The van der Waals surface area contributed by atoms with Crippen molar-refractivity contribution >= 4 is 22.8 Å². The van der Waals surface area contributed by atoms with Gasteiger partial charge in [-0.2, -0.15) is 0 Å². The molecule has 0 N–H and O–H groups in total. The summed E-state index contributed by atoms with van der Waals surface area (Å²) >= 11 is 0. The molecule has 0 radical (unpaired) electrons. The van der Waals surface area contributed by atoms with Gasteiger partial charge in [-0.1, -0.05) is 90.3 Å². The first-order valence-corrected chi connectivity index (χ1v) is 13.3. The Morgan fingerprint density at radius 3 is 2.30 bits per heavy atom. The molecule has 4 aromatic carbocycles. The van der Waals surface area contributed by atoms with E-state index < -0.39 is 5.60 Å². The van der Waals surface area contributed by atoms with Crippen LogP contribution < -0.4 is 4.74 Å². The Kier molecular flexibility index (Phi) is 6.08. The van der Waals surface area contributed by atoms with Crippen LogP contribution in [0.4, 0.5) is 0 Å². The molecule has 37 heavy (non-hydrogen) atoms. The maximum atomic E-state index is 13.5. The van der Waals surface area contributed by atoms with Gasteiger partial charge in [0.15, 0.2) is 5.60 Å². The van der Waals surface area contributed by atoms with Crippen LogP contribution in [-0.2, 0) is 10.3 Å². The zero-order valence-corrected chi connectivity index (χ0v) is 21.5. The molecular formula is C34H32O3. The average molecular weight is 489 g/mol. The lowest BCUT2D eigenvalue weighted by Crippen LogP contribution is -2.34. The van der Waals surface area contributed by atoms with Crippen molar-refractivity contribution in [3.8, 4) is 5.75 Å². The van der Waals surface area contributed by atoms with E-state index in [-0.39, 0.29) is 12.1 Å². The predicted octanol–water partition coefficient (Wildman–Crippen LogP) is 8.30. The summed E-state index contributed by atoms with van der Waals surface area (Å²) in [5.74, 6) is 0.461. The highest BCUT2D eigenvalue weighted by Gasteiger charge is 2.39. The van der Waals surface area contributed by atoms with E-state index in [1.807, 2.05) is 24.3 Å². The molecule has 0 amide bonds. The minimum absolute atomic E-state index is 0.00503. The number of carbonyl (C=O) groups excluding carboxylic acids is 1. The molecule has 6 rings (SSSR count). The van der Waals surface area contributed by atoms with Crippen LogP contribution in [0.5, 0.6) is 5.75 Å². The Morgan fingerprint density at radius 1 is 0.838 bits per heavy atom. The van der Waals surface area contributed by atoms with Crippen molar-refractivity contribution in [1.82, 2.24) is 0 Å². The molecule has 1 atom stereocenters. The number of carbonyl (C=O) groups is 1. The second-order valence-corrected chi connectivity index (χ2v) is 10.5. The molecule has 0 aromatic heterocycles. The predicted molar refractivity (Wildman–Crippen MR) is 149 cm³/mol. The summed E-state index contributed by atoms with van der Waals surface area (Å²) in [4.78, 5) is 13.5. The van der Waals surface area contributed by atoms with Gasteiger partial charge in [-0.25, -0.2) is 4.79 Å². The molecular weight excluding hydrogens is 456 g/mol. The fourth-order valence-electron chi connectivity index (χ4n) is 5.71. The smallest absolute Gasteiger partial charge is 0.339 e. The van der Waals surface area contributed by atoms with E-state index in [0.717, 1.165) is 64.5 Å². The fourth-order valence-corrected chi connectivity index (χ4v) is 5.71. The molecule has 1 heterocycles. The monoisotopic (exact) mass is 488 g/mol. The van der Waals surface area contributed by atoms with Crippen LogP contribution in [0.25, 0.3) is 16.8 Å². The summed E-state index contributed by atoms with van der Waals surface area (Å²) in [5.41, 5.74) is 4.96. The molecule has 0 bridgehead atoms. The third-order valence-electron chi connectivity index (χ3n) is 7.76. The van der Waals surface area contributed by atoms with Crippen molar-refractivity contribution in [2.24, 2.45) is 0 Å². The zero-order chi connectivity index (χ0) is 25.4. The molecule has 1 fully saturated rings. The standard InChI is InChI=1S/C34H32O3/c1-23-13-16-27(17-14-23)34(26-9-5-3-6-10-26)20-19-30-31(33(35)36-28-11-7-4-8-12-28)22-25-21-24(2)15-18-29(25)32(30)37-34/h3,5-6,9-10,13-22,28H,4,7-8,11-12H2,1-2H3. The van der Waals surface area contributed by atoms with Crippen LogP contribution in [0.2, 0.25) is 0 Å². The summed E-state index contributed by atoms with van der Waals surface area (Å²) in [5, 5.41) is 1.97. The van der Waals surface area contributed by atoms with Gasteiger partial charge < -0.3 is 9.47 Å². The highest BCUT2D eigenvalue weighted by molar-refractivity contribution is 6.04. The van der Waals surface area contributed by atoms with E-state index in [4.69, 9.17) is 9.47 Å². The molecule has 1 aliphatic carbocycles. The lowest BCUT2D eigenvalue weighted by molar-refractivity contribution is 0.0210. The van der Waals surface area contributed by atoms with Crippen LogP contribution in [0.15, 0.2) is 84.9 Å². The highest BCUT2D eigenvalue weighted by Crippen LogP contribution is 2.46. The zero-order valence-electron chi connectivity index (χ0n) is 21.5. The first kappa shape index (κ1) is 23.5. The molecule has 4 aromatic rings. The van der Waals surface area contributed by atoms with E-state index in [2.05, 4.69) is 80.6 Å². The Bertz CT molecular complexity index is 1480. The van der Waals surface area contributed by atoms with Gasteiger partial charge in [-0.15, -0.1) is 0 Å². The lowest BCUT2D eigenvalue weighted by Gasteiger charge is -2.37. The average Bonchev–Trinajstić information content (AvgIpc) is 2.93. The number of esters is 1. The Hall–Kier alpha value is -3.85. The van der Waals surface area contributed by atoms with E-state index in [1.165, 1.54) is 12.0 Å². The number of hydrogen-bond donors (Lipinski definition) is 0. The molecule has 2 aliphatic rings. The van der Waals surface area contributed by atoms with E-state index in [1.54, 1.807) is 0 Å². The number of fused-ring (bicyclic) bond motifs is 3. The Balaban J connectivity index is 1.53. The van der Waals surface area contributed by atoms with Gasteiger partial charge in [-0.05, 0) is 63.1 Å². The van der Waals surface area contributed by atoms with Crippen molar-refractivity contribution < 1.29 is 14.3 Å². The van der Waals surface area contributed by atoms with Gasteiger partial charge in [0.2, 0.25) is 0 Å². The minimum atomic E-state index is -0.814. The lowest BCUT2D eigenvalue weighted by atomic mass is 9.82. The summed E-state index contributed by atoms with van der Waals surface area (Å²) in [6, 6.07) is 27.1. The summed E-state index contributed by atoms with van der Waals surface area (Å²) < 4.78 is 13.1. The summed E-state index contributed by atoms with van der Waals surface area (Å²) in [6.07, 6.45) is 9.48. The van der Waals surface area contributed by atoms with Gasteiger partial charge in [-0.3, -0.25) is 0 Å². The van der Waals surface area contributed by atoms with E-state index >= 15 is 0 Å². The molecule has 1 unspecified atom stereocenters. The van der Waals surface area contributed by atoms with Crippen molar-refractivity contribution in [3.63, 3.8) is 0 Å². The number of ether oxygens (including phenoxy) is 2. The summed E-state index contributed by atoms with van der Waals surface area (Å²) in [6.45, 7) is 4.16. The van der Waals surface area contributed by atoms with E-state index in [0.29, 0.717) is 5.56 Å². The van der Waals surface area contributed by atoms with Crippen molar-refractivity contribution in [3.05, 3.63) is 118 Å². The molecule has 3 heteroatoms. The van der Waals surface area contributed by atoms with Gasteiger partial charge in [0.05, 0.1) is 5.56 Å². The van der Waals surface area contributed by atoms with Crippen LogP contribution in [0.1, 0.15) is 70.3 Å². The topological polar surface area (TPSA) is 35.5 Å². The SMILES string of the molecule is Cc1ccc(C2(c3ccccc3)C=Cc3c(C(=O)OC4CCCCC4)cc4cc(C)ccc4c3O2)cc1. The molecule has 0 spiro atoms. The maximum absolute atomic E-state index is 13.5. The van der Waals surface area contributed by atoms with E-state index in [9.17, 15) is 4.79 Å². The fraction of sp³-hybridized carbons (Fsp3) is 0.265. The number of aryl methyl sites for hydroxylation is 2. The van der Waals surface area contributed by atoms with Crippen LogP contribution in [0, 0.1) is 13.8 Å². The third kappa shape index (κ3) is 4.33. The quantitative estimate of drug-likeness (QED) is 0.271. The van der Waals surface area contributed by atoms with Crippen LogP contribution in [0.3, 0.4) is 0 Å². The highest BCUT2D eigenvalue weighted by atomic mass is 16.5. The van der Waals surface area contributed by atoms with Gasteiger partial charge in [0.1, 0.15) is 11.9 Å². The normalized spacial score (nSPS) is 19.3. The van der Waals surface area contributed by atoms with Crippen molar-refractivity contribution in [1.29, 1.82) is 0 Å². The first-order chi connectivity index (χ1) is 18.0. The van der Waals surface area contributed by atoms with Gasteiger partial charge in [0, 0.05) is 22.1 Å². The van der Waals surface area contributed by atoms with Gasteiger partial charge in [0.25, 0.3) is 0 Å². The van der Waals surface area contributed by atoms with Crippen molar-refractivity contribution in [2.45, 2.75) is 57.7 Å². The molecule has 186 valence electrons. The molecule has 3 nitrogen and oxygen atoms in total. The van der Waals surface area contributed by atoms with Gasteiger partial charge >= 0.3 is 5.97 Å². The second kappa shape index (κ2) is 9.55. The third-order valence-corrected chi connectivity index (χ3v) is 7.76. The molecule has 1 aliphatic heterocycles. The van der Waals surface area contributed by atoms with Crippen LogP contribution in [-0.4, -0.2) is 12.1 Å². The number of hydrogen-bond acceptors (Lipinski definition) is 3. The molecule has 0 saturated heterocycles. The van der Waals surface area contributed by atoms with Crippen molar-refractivity contribution in [2.75, 3.05) is 0 Å². The molecule has 1 saturated carbocycles.